The molecule has 0 saturated carbocycles. The molecular formula is C26H18F3N9O. The minimum absolute atomic E-state index is 0.0278. The quantitative estimate of drug-likeness (QED) is 0.356. The Labute approximate surface area is 218 Å². The zero-order valence-corrected chi connectivity index (χ0v) is 20.2. The average Bonchev–Trinajstić information content (AvgIpc) is 3.68. The SMILES string of the molecule is Cc1ccc(C(N)=O)c(-c2cc(-n3ccnc3)cc(C(F)(F)F)c2)c1-n1cc(-c2cnc3cccnn23)nn1. The molecule has 194 valence electrons. The molecule has 0 aliphatic rings. The number of carbonyl (C=O) groups excluding carboxylic acids is 1. The first-order chi connectivity index (χ1) is 18.7. The monoisotopic (exact) mass is 529 g/mol. The first kappa shape index (κ1) is 24.0. The number of nitrogens with zero attached hydrogens (tertiary/aromatic N) is 8. The van der Waals surface area contributed by atoms with E-state index in [2.05, 4.69) is 25.4 Å². The third-order valence-corrected chi connectivity index (χ3v) is 6.24. The van der Waals surface area contributed by atoms with Gasteiger partial charge in [0.2, 0.25) is 5.91 Å². The number of alkyl halides is 3. The lowest BCUT2D eigenvalue weighted by Crippen LogP contribution is -2.15. The van der Waals surface area contributed by atoms with Crippen molar-refractivity contribution in [2.45, 2.75) is 13.1 Å². The number of hydrogen-bond acceptors (Lipinski definition) is 6. The second-order valence-electron chi connectivity index (χ2n) is 8.74. The molecule has 0 aliphatic heterocycles. The van der Waals surface area contributed by atoms with Crippen LogP contribution in [0, 0.1) is 6.92 Å². The van der Waals surface area contributed by atoms with E-state index in [-0.39, 0.29) is 22.4 Å². The molecule has 2 N–H and O–H groups in total. The summed E-state index contributed by atoms with van der Waals surface area (Å²) >= 11 is 0. The number of amides is 1. The topological polar surface area (TPSA) is 122 Å². The van der Waals surface area contributed by atoms with Gasteiger partial charge in [0.25, 0.3) is 0 Å². The van der Waals surface area contributed by atoms with Gasteiger partial charge in [-0.3, -0.25) is 4.79 Å². The van der Waals surface area contributed by atoms with Crippen molar-refractivity contribution in [1.29, 1.82) is 0 Å². The van der Waals surface area contributed by atoms with Crippen molar-refractivity contribution in [3.8, 4) is 33.9 Å². The Hall–Kier alpha value is -5.33. The van der Waals surface area contributed by atoms with Gasteiger partial charge in [0.1, 0.15) is 11.4 Å². The molecule has 39 heavy (non-hydrogen) atoms. The van der Waals surface area contributed by atoms with Crippen molar-refractivity contribution in [3.05, 3.63) is 96.5 Å². The number of hydrogen-bond donors (Lipinski definition) is 1. The second-order valence-corrected chi connectivity index (χ2v) is 8.74. The Kier molecular flexibility index (Phi) is 5.49. The van der Waals surface area contributed by atoms with E-state index in [9.17, 15) is 18.0 Å². The number of aromatic nitrogens is 8. The number of primary amides is 1. The van der Waals surface area contributed by atoms with Crippen molar-refractivity contribution >= 4 is 11.6 Å². The Morgan fingerprint density at radius 1 is 1.08 bits per heavy atom. The van der Waals surface area contributed by atoms with Gasteiger partial charge < -0.3 is 10.3 Å². The standard InChI is InChI=1S/C26H18F3N9O/c1-15-4-5-19(25(30)39)23(16-9-17(26(27,28)29)11-18(10-16)36-8-7-31-14-36)24(15)37-13-20(34-35-37)21-12-32-22-3-2-6-33-38(21)22/h2-14H,1H3,(H2,30,39). The summed E-state index contributed by atoms with van der Waals surface area (Å²) in [4.78, 5) is 20.8. The molecule has 10 nitrogen and oxygen atoms in total. The van der Waals surface area contributed by atoms with E-state index in [1.54, 1.807) is 48.2 Å². The molecule has 0 fully saturated rings. The lowest BCUT2D eigenvalue weighted by Gasteiger charge is -2.18. The van der Waals surface area contributed by atoms with Crippen molar-refractivity contribution < 1.29 is 18.0 Å². The summed E-state index contributed by atoms with van der Waals surface area (Å²) in [5, 5.41) is 12.8. The number of rotatable bonds is 5. The van der Waals surface area contributed by atoms with Gasteiger partial charge in [0, 0.05) is 35.4 Å². The van der Waals surface area contributed by atoms with Crippen LogP contribution in [0.4, 0.5) is 13.2 Å². The number of benzene rings is 2. The van der Waals surface area contributed by atoms with Gasteiger partial charge in [-0.2, -0.15) is 18.3 Å². The average molecular weight is 529 g/mol. The van der Waals surface area contributed by atoms with Crippen LogP contribution in [0.3, 0.4) is 0 Å². The number of aryl methyl sites for hydroxylation is 1. The largest absolute Gasteiger partial charge is 0.416 e. The number of halogens is 3. The Balaban J connectivity index is 1.60. The van der Waals surface area contributed by atoms with Crippen molar-refractivity contribution in [2.24, 2.45) is 5.73 Å². The van der Waals surface area contributed by atoms with Crippen LogP contribution in [-0.2, 0) is 6.18 Å². The van der Waals surface area contributed by atoms with Crippen molar-refractivity contribution in [3.63, 3.8) is 0 Å². The molecule has 4 aromatic heterocycles. The Morgan fingerprint density at radius 3 is 2.67 bits per heavy atom. The maximum absolute atomic E-state index is 14.0. The maximum atomic E-state index is 14.0. The molecule has 0 spiro atoms. The minimum atomic E-state index is -4.65. The molecule has 2 aromatic carbocycles. The molecule has 4 heterocycles. The smallest absolute Gasteiger partial charge is 0.366 e. The van der Waals surface area contributed by atoms with Gasteiger partial charge in [0.05, 0.1) is 30.0 Å². The normalized spacial score (nSPS) is 11.8. The lowest BCUT2D eigenvalue weighted by molar-refractivity contribution is -0.137. The molecule has 6 rings (SSSR count). The van der Waals surface area contributed by atoms with E-state index in [0.29, 0.717) is 28.3 Å². The lowest BCUT2D eigenvalue weighted by atomic mass is 9.92. The highest BCUT2D eigenvalue weighted by Gasteiger charge is 2.32. The molecule has 0 unspecified atom stereocenters. The van der Waals surface area contributed by atoms with E-state index in [4.69, 9.17) is 5.73 Å². The van der Waals surface area contributed by atoms with Crippen LogP contribution < -0.4 is 5.73 Å². The molecule has 6 aromatic rings. The number of fused-ring (bicyclic) bond motifs is 1. The molecule has 0 atom stereocenters. The number of carbonyl (C=O) groups is 1. The summed E-state index contributed by atoms with van der Waals surface area (Å²) in [6.45, 7) is 1.76. The summed E-state index contributed by atoms with van der Waals surface area (Å²) in [5.41, 5.74) is 7.90. The number of nitrogens with two attached hydrogens (primary N) is 1. The van der Waals surface area contributed by atoms with Crippen molar-refractivity contribution in [2.75, 3.05) is 0 Å². The minimum Gasteiger partial charge on any atom is -0.366 e. The summed E-state index contributed by atoms with van der Waals surface area (Å²) in [5.74, 6) is -0.806. The second kappa shape index (κ2) is 8.90. The summed E-state index contributed by atoms with van der Waals surface area (Å²) in [6.07, 6.45) is 4.51. The van der Waals surface area contributed by atoms with Gasteiger partial charge >= 0.3 is 6.18 Å². The van der Waals surface area contributed by atoms with Gasteiger partial charge in [-0.1, -0.05) is 11.3 Å². The zero-order chi connectivity index (χ0) is 27.3. The molecule has 13 heteroatoms. The van der Waals surface area contributed by atoms with Crippen LogP contribution >= 0.6 is 0 Å². The van der Waals surface area contributed by atoms with Crippen molar-refractivity contribution in [1.82, 2.24) is 39.1 Å². The van der Waals surface area contributed by atoms with Gasteiger partial charge in [-0.05, 0) is 54.4 Å². The van der Waals surface area contributed by atoms with Crippen LogP contribution in [0.25, 0.3) is 39.5 Å². The van der Waals surface area contributed by atoms with E-state index in [1.807, 2.05) is 0 Å². The van der Waals surface area contributed by atoms with Crippen LogP contribution in [0.15, 0.2) is 79.8 Å². The highest BCUT2D eigenvalue weighted by atomic mass is 19.4. The third kappa shape index (κ3) is 4.19. The molecule has 1 amide bonds. The highest BCUT2D eigenvalue weighted by Crippen LogP contribution is 2.39. The van der Waals surface area contributed by atoms with Crippen LogP contribution in [-0.4, -0.2) is 45.1 Å². The van der Waals surface area contributed by atoms with Gasteiger partial charge in [-0.15, -0.1) is 5.10 Å². The van der Waals surface area contributed by atoms with E-state index < -0.39 is 17.6 Å². The number of imidazole rings is 2. The fourth-order valence-corrected chi connectivity index (χ4v) is 4.46. The Morgan fingerprint density at radius 2 is 1.92 bits per heavy atom. The van der Waals surface area contributed by atoms with Crippen LogP contribution in [0.5, 0.6) is 0 Å². The van der Waals surface area contributed by atoms with E-state index in [1.165, 1.54) is 40.1 Å². The van der Waals surface area contributed by atoms with Gasteiger partial charge in [-0.25, -0.2) is 19.2 Å². The van der Waals surface area contributed by atoms with E-state index in [0.717, 1.165) is 12.1 Å². The zero-order valence-electron chi connectivity index (χ0n) is 20.2. The predicted octanol–water partition coefficient (Wildman–Crippen LogP) is 4.26. The highest BCUT2D eigenvalue weighted by molar-refractivity contribution is 6.02. The fraction of sp³-hybridized carbons (Fsp3) is 0.0769. The maximum Gasteiger partial charge on any atom is 0.416 e. The summed E-state index contributed by atoms with van der Waals surface area (Å²) < 4.78 is 46.4. The fourth-order valence-electron chi connectivity index (χ4n) is 4.46. The molecule has 0 radical (unpaired) electrons. The third-order valence-electron chi connectivity index (χ3n) is 6.24. The van der Waals surface area contributed by atoms with Crippen LogP contribution in [0.2, 0.25) is 0 Å². The molecule has 0 saturated heterocycles. The first-order valence-corrected chi connectivity index (χ1v) is 11.6. The first-order valence-electron chi connectivity index (χ1n) is 11.6. The van der Waals surface area contributed by atoms with E-state index >= 15 is 0 Å². The summed E-state index contributed by atoms with van der Waals surface area (Å²) in [6, 6.07) is 10.2. The Bertz CT molecular complexity index is 1850. The predicted molar refractivity (Wildman–Crippen MR) is 134 cm³/mol. The molecular weight excluding hydrogens is 511 g/mol. The molecule has 0 aliphatic carbocycles. The summed E-state index contributed by atoms with van der Waals surface area (Å²) in [7, 11) is 0. The van der Waals surface area contributed by atoms with Gasteiger partial charge in [0.15, 0.2) is 5.65 Å². The van der Waals surface area contributed by atoms with Crippen LogP contribution in [0.1, 0.15) is 21.5 Å². The molecule has 0 bridgehead atoms.